The number of hydrogen-bond donors (Lipinski definition) is 2. The van der Waals surface area contributed by atoms with Crippen LogP contribution in [0.4, 0.5) is 11.4 Å². The topological polar surface area (TPSA) is 123 Å². The van der Waals surface area contributed by atoms with Gasteiger partial charge in [-0.2, -0.15) is 0 Å². The summed E-state index contributed by atoms with van der Waals surface area (Å²) >= 11 is 0. The van der Waals surface area contributed by atoms with Gasteiger partial charge in [0.05, 0.1) is 27.4 Å². The smallest absolute Gasteiger partial charge is 0.269 e. The number of hydrogen-bond acceptors (Lipinski definition) is 6. The van der Waals surface area contributed by atoms with Gasteiger partial charge in [0.1, 0.15) is 6.04 Å². The number of pyridine rings is 1. The quantitative estimate of drug-likeness (QED) is 0.119. The Balaban J connectivity index is 1.55. The third-order valence-electron chi connectivity index (χ3n) is 7.93. The lowest BCUT2D eigenvalue weighted by atomic mass is 9.95. The Morgan fingerprint density at radius 1 is 0.953 bits per heavy atom. The predicted octanol–water partition coefficient (Wildman–Crippen LogP) is 6.86. The predicted molar refractivity (Wildman–Crippen MR) is 166 cm³/mol. The Hall–Kier alpha value is -5.31. The molecule has 2 aromatic heterocycles. The third kappa shape index (κ3) is 5.74. The summed E-state index contributed by atoms with van der Waals surface area (Å²) in [5.41, 5.74) is 3.42. The summed E-state index contributed by atoms with van der Waals surface area (Å²) in [7, 11) is 0. The van der Waals surface area contributed by atoms with E-state index in [-0.39, 0.29) is 23.5 Å². The van der Waals surface area contributed by atoms with Gasteiger partial charge in [0, 0.05) is 47.1 Å². The fourth-order valence-corrected chi connectivity index (χ4v) is 5.87. The van der Waals surface area contributed by atoms with Gasteiger partial charge < -0.3 is 10.4 Å². The number of non-ortho nitro benzene ring substituents is 1. The van der Waals surface area contributed by atoms with Gasteiger partial charge in [0.2, 0.25) is 11.8 Å². The number of fused-ring (bicyclic) bond motifs is 1. The van der Waals surface area contributed by atoms with E-state index in [0.29, 0.717) is 33.4 Å². The van der Waals surface area contributed by atoms with E-state index in [1.807, 2.05) is 60.7 Å². The van der Waals surface area contributed by atoms with E-state index < -0.39 is 11.0 Å². The first-order chi connectivity index (χ1) is 21.0. The van der Waals surface area contributed by atoms with Crippen LogP contribution in [0.2, 0.25) is 0 Å². The van der Waals surface area contributed by atoms with E-state index >= 15 is 0 Å². The fourth-order valence-electron chi connectivity index (χ4n) is 5.87. The zero-order valence-electron chi connectivity index (χ0n) is 23.5. The molecule has 1 aliphatic rings. The molecule has 1 unspecified atom stereocenters. The van der Waals surface area contributed by atoms with E-state index in [4.69, 9.17) is 4.99 Å². The molecule has 0 aliphatic heterocycles. The highest BCUT2D eigenvalue weighted by molar-refractivity contribution is 6.22. The summed E-state index contributed by atoms with van der Waals surface area (Å²) in [6.45, 7) is 0. The van der Waals surface area contributed by atoms with E-state index in [0.717, 1.165) is 31.2 Å². The van der Waals surface area contributed by atoms with Crippen LogP contribution < -0.4 is 5.32 Å². The van der Waals surface area contributed by atoms with Gasteiger partial charge in [0.25, 0.3) is 5.69 Å². The van der Waals surface area contributed by atoms with Crippen molar-refractivity contribution in [1.29, 1.82) is 0 Å². The number of amides is 1. The Kier molecular flexibility index (Phi) is 7.95. The highest BCUT2D eigenvalue weighted by Gasteiger charge is 2.32. The number of aliphatic imine (C=N–C) groups is 1. The standard InChI is InChI=1S/C34H31N5O4/c40-33(37-25-13-5-2-6-14-25)32(24-12-9-21-35-22-24)38-29-16-8-7-15-28(29)30(34(38)41)31(23-10-3-1-4-11-23)36-26-17-19-27(20-18-26)39(42)43/h1,3-4,7-12,15-22,25,32,41H,2,5-6,13-14H2,(H,37,40). The minimum absolute atomic E-state index is 0.0389. The summed E-state index contributed by atoms with van der Waals surface area (Å²) < 4.78 is 1.66. The van der Waals surface area contributed by atoms with E-state index in [9.17, 15) is 20.0 Å². The van der Waals surface area contributed by atoms with Crippen molar-refractivity contribution in [2.45, 2.75) is 44.2 Å². The van der Waals surface area contributed by atoms with Crippen LogP contribution in [-0.2, 0) is 4.79 Å². The molecule has 0 saturated heterocycles. The van der Waals surface area contributed by atoms with Gasteiger partial charge in [-0.05, 0) is 37.1 Å². The fraction of sp³-hybridized carbons (Fsp3) is 0.206. The van der Waals surface area contributed by atoms with Crippen molar-refractivity contribution in [3.63, 3.8) is 0 Å². The molecule has 1 fully saturated rings. The molecule has 1 saturated carbocycles. The first-order valence-electron chi connectivity index (χ1n) is 14.4. The van der Waals surface area contributed by atoms with E-state index in [1.165, 1.54) is 18.6 Å². The molecule has 9 nitrogen and oxygen atoms in total. The Labute approximate surface area is 248 Å². The number of carbonyl (C=O) groups is 1. The molecule has 9 heteroatoms. The maximum atomic E-state index is 14.1. The Morgan fingerprint density at radius 3 is 2.37 bits per heavy atom. The molecule has 3 aromatic carbocycles. The van der Waals surface area contributed by atoms with E-state index in [2.05, 4.69) is 10.3 Å². The second-order valence-electron chi connectivity index (χ2n) is 10.7. The summed E-state index contributed by atoms with van der Waals surface area (Å²) in [5, 5.41) is 27.3. The summed E-state index contributed by atoms with van der Waals surface area (Å²) in [5.74, 6) is -0.325. The number of carbonyl (C=O) groups excluding carboxylic acids is 1. The van der Waals surface area contributed by atoms with Gasteiger partial charge in [-0.15, -0.1) is 0 Å². The molecule has 216 valence electrons. The zero-order valence-corrected chi connectivity index (χ0v) is 23.5. The van der Waals surface area contributed by atoms with Gasteiger partial charge in [-0.1, -0.05) is 73.9 Å². The molecule has 6 rings (SSSR count). The second-order valence-corrected chi connectivity index (χ2v) is 10.7. The number of nitro groups is 1. The molecule has 2 N–H and O–H groups in total. The maximum absolute atomic E-state index is 14.1. The van der Waals surface area contributed by atoms with Crippen molar-refractivity contribution in [2.75, 3.05) is 0 Å². The number of nitro benzene ring substituents is 1. The normalized spacial score (nSPS) is 14.8. The molecule has 2 heterocycles. The molecule has 0 bridgehead atoms. The lowest BCUT2D eigenvalue weighted by molar-refractivity contribution is -0.384. The highest BCUT2D eigenvalue weighted by atomic mass is 16.6. The number of aromatic nitrogens is 2. The highest BCUT2D eigenvalue weighted by Crippen LogP contribution is 2.39. The number of nitrogens with one attached hydrogen (secondary N) is 1. The van der Waals surface area contributed by atoms with Gasteiger partial charge in [-0.3, -0.25) is 24.5 Å². The first-order valence-corrected chi connectivity index (χ1v) is 14.4. The number of benzene rings is 3. The maximum Gasteiger partial charge on any atom is 0.269 e. The largest absolute Gasteiger partial charge is 0.494 e. The lowest BCUT2D eigenvalue weighted by Crippen LogP contribution is -2.41. The van der Waals surface area contributed by atoms with Gasteiger partial charge in [0.15, 0.2) is 0 Å². The molecule has 1 aliphatic carbocycles. The van der Waals surface area contributed by atoms with Crippen LogP contribution in [0.25, 0.3) is 10.9 Å². The molecule has 5 aromatic rings. The molecule has 0 spiro atoms. The zero-order chi connectivity index (χ0) is 29.8. The van der Waals surface area contributed by atoms with Crippen LogP contribution in [0, 0.1) is 10.1 Å². The van der Waals surface area contributed by atoms with Crippen molar-refractivity contribution in [3.8, 4) is 5.88 Å². The number of para-hydroxylation sites is 1. The molecule has 1 amide bonds. The van der Waals surface area contributed by atoms with Crippen molar-refractivity contribution in [2.24, 2.45) is 4.99 Å². The Bertz CT molecular complexity index is 1780. The van der Waals surface area contributed by atoms with Crippen molar-refractivity contribution >= 4 is 33.9 Å². The van der Waals surface area contributed by atoms with Crippen molar-refractivity contribution < 1.29 is 14.8 Å². The Morgan fingerprint density at radius 2 is 1.67 bits per heavy atom. The summed E-state index contributed by atoms with van der Waals surface area (Å²) in [6, 6.07) is 25.7. The molecular formula is C34H31N5O4. The van der Waals surface area contributed by atoms with E-state index in [1.54, 1.807) is 35.2 Å². The molecule has 43 heavy (non-hydrogen) atoms. The van der Waals surface area contributed by atoms with Crippen LogP contribution in [0.5, 0.6) is 5.88 Å². The van der Waals surface area contributed by atoms with Crippen molar-refractivity contribution in [3.05, 3.63) is 130 Å². The van der Waals surface area contributed by atoms with Gasteiger partial charge in [-0.25, -0.2) is 4.99 Å². The third-order valence-corrected chi connectivity index (χ3v) is 7.93. The number of rotatable bonds is 8. The average Bonchev–Trinajstić information content (AvgIpc) is 3.33. The summed E-state index contributed by atoms with van der Waals surface area (Å²) in [6.07, 6.45) is 8.48. The first kappa shape index (κ1) is 27.8. The number of nitrogens with zero attached hydrogens (tertiary/aromatic N) is 4. The van der Waals surface area contributed by atoms with Gasteiger partial charge >= 0.3 is 0 Å². The van der Waals surface area contributed by atoms with Crippen LogP contribution in [0.15, 0.2) is 108 Å². The van der Waals surface area contributed by atoms with Crippen LogP contribution in [0.3, 0.4) is 0 Å². The van der Waals surface area contributed by atoms with Crippen LogP contribution >= 0.6 is 0 Å². The monoisotopic (exact) mass is 573 g/mol. The lowest BCUT2D eigenvalue weighted by Gasteiger charge is -2.27. The van der Waals surface area contributed by atoms with Crippen molar-refractivity contribution in [1.82, 2.24) is 14.9 Å². The molecule has 1 atom stereocenters. The van der Waals surface area contributed by atoms with Crippen LogP contribution in [0.1, 0.15) is 54.8 Å². The SMILES string of the molecule is O=C(NC1CCCCC1)C(c1cccnc1)n1c(O)c(C(=Nc2ccc([N+](=O)[O-])cc2)c2ccccc2)c2ccccc21. The number of aromatic hydroxyl groups is 1. The minimum Gasteiger partial charge on any atom is -0.494 e. The molecule has 0 radical (unpaired) electrons. The average molecular weight is 574 g/mol. The molecular weight excluding hydrogens is 542 g/mol. The second kappa shape index (κ2) is 12.3. The summed E-state index contributed by atoms with van der Waals surface area (Å²) in [4.78, 5) is 34.0. The minimum atomic E-state index is -0.884. The van der Waals surface area contributed by atoms with Crippen LogP contribution in [-0.4, -0.2) is 37.2 Å².